The monoisotopic (exact) mass is 418 g/mol. The number of hydrogen-bond donors (Lipinski definition) is 4. The molecule has 5 aromatic rings. The Hall–Kier alpha value is -2.76. The third-order valence-corrected chi connectivity index (χ3v) is 7.81. The lowest BCUT2D eigenvalue weighted by Crippen LogP contribution is -2.14. The van der Waals surface area contributed by atoms with Gasteiger partial charge in [0.25, 0.3) is 0 Å². The third kappa shape index (κ3) is 2.13. The van der Waals surface area contributed by atoms with Crippen molar-refractivity contribution >= 4 is 56.1 Å². The topological polar surface area (TPSA) is 116 Å². The average molecular weight is 418 g/mol. The highest BCUT2D eigenvalue weighted by Gasteiger charge is 2.30. The molecular formula is C16H10N4O4S3. The molecule has 0 amide bonds. The smallest absolute Gasteiger partial charge is 0.323 e. The van der Waals surface area contributed by atoms with E-state index in [0.717, 1.165) is 41.6 Å². The van der Waals surface area contributed by atoms with Crippen LogP contribution in [0.4, 0.5) is 0 Å². The average Bonchev–Trinajstić information content (AvgIpc) is 3.41. The fourth-order valence-electron chi connectivity index (χ4n) is 3.27. The second-order valence-corrected chi connectivity index (χ2v) is 8.76. The van der Waals surface area contributed by atoms with E-state index in [1.54, 1.807) is 0 Å². The number of aromatic nitrogens is 4. The van der Waals surface area contributed by atoms with Gasteiger partial charge < -0.3 is 29.4 Å². The first-order valence-corrected chi connectivity index (χ1v) is 10.6. The third-order valence-electron chi connectivity index (χ3n) is 4.37. The van der Waals surface area contributed by atoms with E-state index in [4.69, 9.17) is 9.47 Å². The van der Waals surface area contributed by atoms with Crippen molar-refractivity contribution in [1.29, 1.82) is 0 Å². The van der Waals surface area contributed by atoms with Gasteiger partial charge in [0.2, 0.25) is 0 Å². The second kappa shape index (κ2) is 5.38. The van der Waals surface area contributed by atoms with Gasteiger partial charge in [-0.2, -0.15) is 0 Å². The zero-order chi connectivity index (χ0) is 18.1. The van der Waals surface area contributed by atoms with Gasteiger partial charge in [0.05, 0.1) is 41.6 Å². The molecule has 1 aliphatic rings. The van der Waals surface area contributed by atoms with Crippen LogP contribution < -0.4 is 20.9 Å². The van der Waals surface area contributed by atoms with Gasteiger partial charge in [-0.15, -0.1) is 34.0 Å². The Morgan fingerprint density at radius 1 is 0.704 bits per heavy atom. The predicted molar refractivity (Wildman–Crippen MR) is 107 cm³/mol. The summed E-state index contributed by atoms with van der Waals surface area (Å²) in [6.45, 7) is 0.935. The van der Waals surface area contributed by atoms with Crippen LogP contribution in [0.2, 0.25) is 0 Å². The van der Waals surface area contributed by atoms with E-state index in [2.05, 4.69) is 19.9 Å². The number of H-pyrrole nitrogens is 4. The van der Waals surface area contributed by atoms with Crippen molar-refractivity contribution in [1.82, 2.24) is 19.9 Å². The normalized spacial score (nSPS) is 13.8. The summed E-state index contributed by atoms with van der Waals surface area (Å²) in [4.78, 5) is 38.3. The summed E-state index contributed by atoms with van der Waals surface area (Å²) in [5, 5.41) is 3.82. The Kier molecular flexibility index (Phi) is 3.05. The van der Waals surface area contributed by atoms with Gasteiger partial charge in [0.1, 0.15) is 13.2 Å². The molecule has 8 nitrogen and oxygen atoms in total. The van der Waals surface area contributed by atoms with Crippen molar-refractivity contribution in [2.45, 2.75) is 0 Å². The molecule has 0 aromatic carbocycles. The standard InChI is InChI=1S/C16H10N4O4S3/c21-15-17-5-3-25-11(7(5)19-15)13-9-10(24-2-1-23-9)14(27-13)12-8-6(4-26-12)18-16(22)20-8/h3-4H,1-2H2,(H2,17,19,21)(H2,18,20,22). The lowest BCUT2D eigenvalue weighted by molar-refractivity contribution is 0.175. The van der Waals surface area contributed by atoms with Crippen molar-refractivity contribution in [2.24, 2.45) is 0 Å². The maximum absolute atomic E-state index is 11.7. The molecule has 0 spiro atoms. The summed E-state index contributed by atoms with van der Waals surface area (Å²) in [6, 6.07) is 0. The molecule has 0 unspecified atom stereocenters. The summed E-state index contributed by atoms with van der Waals surface area (Å²) < 4.78 is 11.9. The molecule has 0 bridgehead atoms. The summed E-state index contributed by atoms with van der Waals surface area (Å²) in [7, 11) is 0. The van der Waals surface area contributed by atoms with E-state index >= 15 is 0 Å². The van der Waals surface area contributed by atoms with E-state index in [-0.39, 0.29) is 11.4 Å². The Morgan fingerprint density at radius 2 is 1.19 bits per heavy atom. The number of fused-ring (bicyclic) bond motifs is 3. The Balaban J connectivity index is 1.64. The predicted octanol–water partition coefficient (Wildman–Crippen LogP) is 3.32. The van der Waals surface area contributed by atoms with Crippen LogP contribution in [0, 0.1) is 0 Å². The number of nitrogens with one attached hydrogen (secondary N) is 4. The maximum atomic E-state index is 11.7. The van der Waals surface area contributed by atoms with Gasteiger partial charge >= 0.3 is 11.4 Å². The molecule has 0 saturated carbocycles. The lowest BCUT2D eigenvalue weighted by atomic mass is 10.2. The molecule has 6 rings (SSSR count). The van der Waals surface area contributed by atoms with Gasteiger partial charge in [-0.1, -0.05) is 0 Å². The summed E-state index contributed by atoms with van der Waals surface area (Å²) in [6.07, 6.45) is 0. The molecule has 0 saturated heterocycles. The first-order chi connectivity index (χ1) is 13.2. The number of ether oxygens (including phenoxy) is 2. The number of rotatable bonds is 2. The van der Waals surface area contributed by atoms with Gasteiger partial charge in [-0.25, -0.2) is 9.59 Å². The number of hydrogen-bond acceptors (Lipinski definition) is 7. The van der Waals surface area contributed by atoms with E-state index in [1.165, 1.54) is 34.0 Å². The van der Waals surface area contributed by atoms with Crippen LogP contribution in [-0.4, -0.2) is 33.1 Å². The van der Waals surface area contributed by atoms with E-state index in [1.807, 2.05) is 10.8 Å². The minimum absolute atomic E-state index is 0.235. The summed E-state index contributed by atoms with van der Waals surface area (Å²) >= 11 is 4.61. The first-order valence-electron chi connectivity index (χ1n) is 8.01. The maximum Gasteiger partial charge on any atom is 0.323 e. The Morgan fingerprint density at radius 3 is 1.67 bits per heavy atom. The van der Waals surface area contributed by atoms with Gasteiger partial charge in [-0.3, -0.25) is 0 Å². The minimum atomic E-state index is -0.235. The van der Waals surface area contributed by atoms with Crippen molar-refractivity contribution in [3.63, 3.8) is 0 Å². The molecule has 0 fully saturated rings. The zero-order valence-electron chi connectivity index (χ0n) is 13.4. The van der Waals surface area contributed by atoms with E-state index in [9.17, 15) is 9.59 Å². The van der Waals surface area contributed by atoms with Crippen molar-refractivity contribution < 1.29 is 9.47 Å². The Labute approximate surface area is 161 Å². The highest BCUT2D eigenvalue weighted by Crippen LogP contribution is 2.56. The number of imidazole rings is 2. The molecule has 0 radical (unpaired) electrons. The second-order valence-electron chi connectivity index (χ2n) is 5.98. The Bertz CT molecular complexity index is 1330. The molecule has 27 heavy (non-hydrogen) atoms. The van der Waals surface area contributed by atoms with Crippen LogP contribution in [0.25, 0.3) is 41.6 Å². The fraction of sp³-hybridized carbons (Fsp3) is 0.125. The van der Waals surface area contributed by atoms with Gasteiger partial charge in [-0.05, 0) is 0 Å². The molecule has 5 aromatic heterocycles. The van der Waals surface area contributed by atoms with Crippen LogP contribution in [0.1, 0.15) is 0 Å². The van der Waals surface area contributed by atoms with Gasteiger partial charge in [0, 0.05) is 10.8 Å². The van der Waals surface area contributed by atoms with Crippen molar-refractivity contribution in [3.05, 3.63) is 31.7 Å². The van der Waals surface area contributed by atoms with Crippen molar-refractivity contribution in [2.75, 3.05) is 13.2 Å². The summed E-state index contributed by atoms with van der Waals surface area (Å²) in [5.74, 6) is 1.37. The molecule has 0 atom stereocenters. The lowest BCUT2D eigenvalue weighted by Gasteiger charge is -2.16. The van der Waals surface area contributed by atoms with E-state index in [0.29, 0.717) is 24.7 Å². The molecule has 11 heteroatoms. The molecule has 4 N–H and O–H groups in total. The molecule has 136 valence electrons. The van der Waals surface area contributed by atoms with Crippen LogP contribution >= 0.6 is 34.0 Å². The highest BCUT2D eigenvalue weighted by atomic mass is 32.1. The van der Waals surface area contributed by atoms with E-state index < -0.39 is 0 Å². The SMILES string of the molecule is O=c1[nH]c2csc(-c3sc(-c4scc5[nH]c(=O)[nH]c45)c4c3OCCO4)c2[nH]1. The largest absolute Gasteiger partial charge is 0.485 e. The molecule has 1 aliphatic heterocycles. The minimum Gasteiger partial charge on any atom is -0.485 e. The van der Waals surface area contributed by atoms with Crippen LogP contribution in [0.15, 0.2) is 20.3 Å². The molecule has 0 aliphatic carbocycles. The quantitative estimate of drug-likeness (QED) is 0.352. The van der Waals surface area contributed by atoms with Crippen LogP contribution in [-0.2, 0) is 0 Å². The highest BCUT2D eigenvalue weighted by molar-refractivity contribution is 7.27. The molecular weight excluding hydrogens is 408 g/mol. The molecule has 6 heterocycles. The fourth-order valence-corrected chi connectivity index (χ4v) is 6.67. The van der Waals surface area contributed by atoms with Crippen LogP contribution in [0.5, 0.6) is 11.5 Å². The van der Waals surface area contributed by atoms with Gasteiger partial charge in [0.15, 0.2) is 11.5 Å². The van der Waals surface area contributed by atoms with Crippen LogP contribution in [0.3, 0.4) is 0 Å². The zero-order valence-corrected chi connectivity index (χ0v) is 15.9. The number of aromatic amines is 4. The summed E-state index contributed by atoms with van der Waals surface area (Å²) in [5.41, 5.74) is 2.61. The number of thiophene rings is 3. The van der Waals surface area contributed by atoms with Crippen molar-refractivity contribution in [3.8, 4) is 31.0 Å². The first kappa shape index (κ1) is 15.3.